The van der Waals surface area contributed by atoms with Crippen molar-refractivity contribution in [3.63, 3.8) is 0 Å². The third-order valence-electron chi connectivity index (χ3n) is 3.76. The summed E-state index contributed by atoms with van der Waals surface area (Å²) in [5.41, 5.74) is 2.85. The van der Waals surface area contributed by atoms with Crippen molar-refractivity contribution in [2.45, 2.75) is 26.2 Å². The van der Waals surface area contributed by atoms with E-state index in [1.165, 1.54) is 0 Å². The van der Waals surface area contributed by atoms with Gasteiger partial charge in [0.2, 0.25) is 0 Å². The summed E-state index contributed by atoms with van der Waals surface area (Å²) in [5, 5.41) is 2.73. The Morgan fingerprint density at radius 1 is 1.04 bits per heavy atom. The molecule has 25 heavy (non-hydrogen) atoms. The van der Waals surface area contributed by atoms with Crippen LogP contribution in [0.25, 0.3) is 0 Å². The van der Waals surface area contributed by atoms with Crippen LogP contribution in [0.4, 0.5) is 5.69 Å². The Hall–Kier alpha value is -2.82. The molecular formula is C20H23NO4. The second kappa shape index (κ2) is 9.47. The van der Waals surface area contributed by atoms with Gasteiger partial charge in [-0.3, -0.25) is 9.59 Å². The lowest BCUT2D eigenvalue weighted by molar-refractivity contribution is -0.147. The maximum absolute atomic E-state index is 11.9. The number of carbonyl (C=O) groups excluding carboxylic acids is 2. The maximum Gasteiger partial charge on any atom is 0.306 e. The van der Waals surface area contributed by atoms with Crippen LogP contribution in [0.1, 0.15) is 24.5 Å². The van der Waals surface area contributed by atoms with Crippen molar-refractivity contribution < 1.29 is 19.1 Å². The Bertz CT molecular complexity index is 710. The van der Waals surface area contributed by atoms with Crippen LogP contribution in [-0.4, -0.2) is 25.6 Å². The summed E-state index contributed by atoms with van der Waals surface area (Å²) in [5.74, 6) is 0.0365. The molecule has 2 aromatic carbocycles. The van der Waals surface area contributed by atoms with Crippen LogP contribution in [0.15, 0.2) is 48.5 Å². The van der Waals surface area contributed by atoms with Gasteiger partial charge >= 0.3 is 5.97 Å². The maximum atomic E-state index is 11.9. The normalized spacial score (nSPS) is 10.2. The van der Waals surface area contributed by atoms with Crippen molar-refractivity contribution in [2.75, 3.05) is 19.0 Å². The van der Waals surface area contributed by atoms with E-state index >= 15 is 0 Å². The summed E-state index contributed by atoms with van der Waals surface area (Å²) in [7, 11) is 1.61. The predicted octanol–water partition coefficient (Wildman–Crippen LogP) is 3.37. The Morgan fingerprint density at radius 2 is 1.80 bits per heavy atom. The Morgan fingerprint density at radius 3 is 2.48 bits per heavy atom. The highest BCUT2D eigenvalue weighted by Crippen LogP contribution is 2.13. The molecule has 0 aliphatic carbocycles. The smallest absolute Gasteiger partial charge is 0.306 e. The SMILES string of the molecule is CCc1cccc(NC(=O)COC(=O)CCc2ccc(OC)cc2)c1. The zero-order chi connectivity index (χ0) is 18.1. The van der Waals surface area contributed by atoms with E-state index in [4.69, 9.17) is 9.47 Å². The highest BCUT2D eigenvalue weighted by Gasteiger charge is 2.08. The van der Waals surface area contributed by atoms with Gasteiger partial charge in [-0.25, -0.2) is 0 Å². The standard InChI is InChI=1S/C20H23NO4/c1-3-15-5-4-6-17(13-15)21-19(22)14-25-20(23)12-9-16-7-10-18(24-2)11-8-16/h4-8,10-11,13H,3,9,12,14H2,1-2H3,(H,21,22). The van der Waals surface area contributed by atoms with Crippen LogP contribution in [0, 0.1) is 0 Å². The number of rotatable bonds is 8. The van der Waals surface area contributed by atoms with Gasteiger partial charge in [-0.15, -0.1) is 0 Å². The molecule has 0 aliphatic heterocycles. The van der Waals surface area contributed by atoms with E-state index in [0.29, 0.717) is 12.1 Å². The van der Waals surface area contributed by atoms with Gasteiger partial charge in [0.1, 0.15) is 5.75 Å². The zero-order valence-corrected chi connectivity index (χ0v) is 14.6. The molecule has 0 aliphatic rings. The first kappa shape index (κ1) is 18.5. The lowest BCUT2D eigenvalue weighted by Crippen LogP contribution is -2.21. The fourth-order valence-corrected chi connectivity index (χ4v) is 2.32. The molecular weight excluding hydrogens is 318 g/mol. The van der Waals surface area contributed by atoms with Crippen molar-refractivity contribution in [3.8, 4) is 5.75 Å². The van der Waals surface area contributed by atoms with Gasteiger partial charge in [-0.05, 0) is 48.2 Å². The molecule has 1 amide bonds. The monoisotopic (exact) mass is 341 g/mol. The summed E-state index contributed by atoms with van der Waals surface area (Å²) in [6, 6.07) is 15.1. The molecule has 1 N–H and O–H groups in total. The molecule has 0 heterocycles. The summed E-state index contributed by atoms with van der Waals surface area (Å²) in [6.07, 6.45) is 1.68. The molecule has 2 rings (SSSR count). The average Bonchev–Trinajstić information content (AvgIpc) is 2.65. The van der Waals surface area contributed by atoms with E-state index in [2.05, 4.69) is 5.32 Å². The number of nitrogens with one attached hydrogen (secondary N) is 1. The topological polar surface area (TPSA) is 64.6 Å². The number of benzene rings is 2. The minimum absolute atomic E-state index is 0.227. The minimum Gasteiger partial charge on any atom is -0.497 e. The lowest BCUT2D eigenvalue weighted by Gasteiger charge is -2.08. The van der Waals surface area contributed by atoms with Crippen LogP contribution >= 0.6 is 0 Å². The van der Waals surface area contributed by atoms with Gasteiger partial charge in [0, 0.05) is 12.1 Å². The van der Waals surface area contributed by atoms with Crippen LogP contribution in [0.5, 0.6) is 5.75 Å². The molecule has 5 nitrogen and oxygen atoms in total. The Balaban J connectivity index is 1.72. The summed E-state index contributed by atoms with van der Waals surface area (Å²) >= 11 is 0. The third kappa shape index (κ3) is 6.30. The van der Waals surface area contributed by atoms with E-state index in [0.717, 1.165) is 23.3 Å². The highest BCUT2D eigenvalue weighted by molar-refractivity contribution is 5.92. The largest absolute Gasteiger partial charge is 0.497 e. The summed E-state index contributed by atoms with van der Waals surface area (Å²) in [4.78, 5) is 23.6. The quantitative estimate of drug-likeness (QED) is 0.748. The molecule has 0 unspecified atom stereocenters. The van der Waals surface area contributed by atoms with Crippen molar-refractivity contribution in [1.29, 1.82) is 0 Å². The fourth-order valence-electron chi connectivity index (χ4n) is 2.32. The number of methoxy groups -OCH3 is 1. The van der Waals surface area contributed by atoms with Crippen molar-refractivity contribution in [3.05, 3.63) is 59.7 Å². The molecule has 0 bridgehead atoms. The minimum atomic E-state index is -0.395. The number of esters is 1. The van der Waals surface area contributed by atoms with Crippen LogP contribution in [-0.2, 0) is 27.2 Å². The first-order valence-corrected chi connectivity index (χ1v) is 8.28. The van der Waals surface area contributed by atoms with Gasteiger partial charge in [-0.1, -0.05) is 31.2 Å². The van der Waals surface area contributed by atoms with E-state index in [1.807, 2.05) is 55.5 Å². The van der Waals surface area contributed by atoms with Gasteiger partial charge in [0.15, 0.2) is 6.61 Å². The number of carbonyl (C=O) groups is 2. The first-order valence-electron chi connectivity index (χ1n) is 8.28. The predicted molar refractivity (Wildman–Crippen MR) is 96.7 cm³/mol. The molecule has 5 heteroatoms. The van der Waals surface area contributed by atoms with E-state index < -0.39 is 5.97 Å². The van der Waals surface area contributed by atoms with E-state index in [9.17, 15) is 9.59 Å². The van der Waals surface area contributed by atoms with Gasteiger partial charge in [-0.2, -0.15) is 0 Å². The van der Waals surface area contributed by atoms with E-state index in [-0.39, 0.29) is 18.9 Å². The summed E-state index contributed by atoms with van der Waals surface area (Å²) < 4.78 is 10.1. The molecule has 132 valence electrons. The second-order valence-electron chi connectivity index (χ2n) is 5.61. The molecule has 0 saturated heterocycles. The van der Waals surface area contributed by atoms with Crippen molar-refractivity contribution in [2.24, 2.45) is 0 Å². The lowest BCUT2D eigenvalue weighted by atomic mass is 10.1. The Kier molecular flexibility index (Phi) is 7.01. The van der Waals surface area contributed by atoms with Crippen LogP contribution in [0.2, 0.25) is 0 Å². The van der Waals surface area contributed by atoms with Crippen molar-refractivity contribution >= 4 is 17.6 Å². The number of ether oxygens (including phenoxy) is 2. The number of anilines is 1. The fraction of sp³-hybridized carbons (Fsp3) is 0.300. The van der Waals surface area contributed by atoms with Crippen LogP contribution < -0.4 is 10.1 Å². The molecule has 0 fully saturated rings. The van der Waals surface area contributed by atoms with E-state index in [1.54, 1.807) is 7.11 Å². The Labute approximate surface area is 148 Å². The average molecular weight is 341 g/mol. The second-order valence-corrected chi connectivity index (χ2v) is 5.61. The number of hydrogen-bond acceptors (Lipinski definition) is 4. The highest BCUT2D eigenvalue weighted by atomic mass is 16.5. The zero-order valence-electron chi connectivity index (χ0n) is 14.6. The number of hydrogen-bond donors (Lipinski definition) is 1. The van der Waals surface area contributed by atoms with Crippen LogP contribution in [0.3, 0.4) is 0 Å². The van der Waals surface area contributed by atoms with Gasteiger partial charge in [0.05, 0.1) is 7.11 Å². The van der Waals surface area contributed by atoms with Gasteiger partial charge < -0.3 is 14.8 Å². The number of aryl methyl sites for hydroxylation is 2. The molecule has 0 atom stereocenters. The molecule has 0 spiro atoms. The first-order chi connectivity index (χ1) is 12.1. The molecule has 2 aromatic rings. The molecule has 0 radical (unpaired) electrons. The summed E-state index contributed by atoms with van der Waals surface area (Å²) in [6.45, 7) is 1.77. The molecule has 0 saturated carbocycles. The number of amides is 1. The van der Waals surface area contributed by atoms with Gasteiger partial charge in [0.25, 0.3) is 5.91 Å². The third-order valence-corrected chi connectivity index (χ3v) is 3.76. The van der Waals surface area contributed by atoms with Crippen molar-refractivity contribution in [1.82, 2.24) is 0 Å². The molecule has 0 aromatic heterocycles.